The van der Waals surface area contributed by atoms with Gasteiger partial charge in [-0.3, -0.25) is 13.9 Å². The van der Waals surface area contributed by atoms with Crippen molar-refractivity contribution in [3.63, 3.8) is 0 Å². The molecule has 0 radical (unpaired) electrons. The average molecular weight is 366 g/mol. The number of amides is 1. The molecule has 1 amide bonds. The fourth-order valence-corrected chi connectivity index (χ4v) is 3.86. The third kappa shape index (κ3) is 4.78. The van der Waals surface area contributed by atoms with E-state index in [-0.39, 0.29) is 11.9 Å². The Bertz CT molecular complexity index is 619. The summed E-state index contributed by atoms with van der Waals surface area (Å²) in [6.45, 7) is 7.28. The first kappa shape index (κ1) is 18.3. The third-order valence-corrected chi connectivity index (χ3v) is 5.25. The van der Waals surface area contributed by atoms with E-state index in [0.29, 0.717) is 23.7 Å². The molecule has 2 saturated heterocycles. The molecule has 0 aromatic heterocycles. The van der Waals surface area contributed by atoms with Crippen molar-refractivity contribution in [3.05, 3.63) is 29.8 Å². The molecule has 25 heavy (non-hydrogen) atoms. The molecule has 2 aliphatic rings. The van der Waals surface area contributed by atoms with Crippen LogP contribution in [0.2, 0.25) is 0 Å². The van der Waals surface area contributed by atoms with Crippen LogP contribution in [0.5, 0.6) is 0 Å². The molecule has 1 aromatic carbocycles. The summed E-state index contributed by atoms with van der Waals surface area (Å²) in [5.74, 6) is 0.604. The van der Waals surface area contributed by atoms with E-state index < -0.39 is 11.3 Å². The lowest BCUT2D eigenvalue weighted by Crippen LogP contribution is -2.54. The van der Waals surface area contributed by atoms with Gasteiger partial charge in [0.05, 0.1) is 6.61 Å². The van der Waals surface area contributed by atoms with E-state index in [2.05, 4.69) is 16.5 Å². The lowest BCUT2D eigenvalue weighted by atomic mass is 10.1. The molecular formula is C17H24N3O4S-. The van der Waals surface area contributed by atoms with Crippen molar-refractivity contribution in [2.75, 3.05) is 44.1 Å². The van der Waals surface area contributed by atoms with E-state index in [1.165, 1.54) is 0 Å². The highest BCUT2D eigenvalue weighted by atomic mass is 32.2. The molecule has 0 spiro atoms. The van der Waals surface area contributed by atoms with Gasteiger partial charge in [0.2, 0.25) is 0 Å². The Balaban J connectivity index is 1.56. The SMILES string of the molecule is CC1CN(CC2CCOC2)CCN1C(=O)c1ccc(NS(=O)[O-])cc1. The highest BCUT2D eigenvalue weighted by Crippen LogP contribution is 2.19. The molecule has 2 fully saturated rings. The van der Waals surface area contributed by atoms with Crippen molar-refractivity contribution in [2.24, 2.45) is 5.92 Å². The number of carbonyl (C=O) groups excluding carboxylic acids is 1. The summed E-state index contributed by atoms with van der Waals surface area (Å²) in [7, 11) is 0. The molecule has 1 aromatic rings. The van der Waals surface area contributed by atoms with Gasteiger partial charge in [0.1, 0.15) is 0 Å². The fourth-order valence-electron chi connectivity index (χ4n) is 3.54. The van der Waals surface area contributed by atoms with Crippen LogP contribution < -0.4 is 4.72 Å². The lowest BCUT2D eigenvalue weighted by Gasteiger charge is -2.40. The molecular weight excluding hydrogens is 342 g/mol. The maximum absolute atomic E-state index is 12.7. The molecule has 3 rings (SSSR count). The van der Waals surface area contributed by atoms with Gasteiger partial charge in [-0.25, -0.2) is 0 Å². The largest absolute Gasteiger partial charge is 0.755 e. The van der Waals surface area contributed by atoms with Crippen LogP contribution in [0.3, 0.4) is 0 Å². The Morgan fingerprint density at radius 3 is 2.72 bits per heavy atom. The number of anilines is 1. The molecule has 1 N–H and O–H groups in total. The Morgan fingerprint density at radius 1 is 1.36 bits per heavy atom. The summed E-state index contributed by atoms with van der Waals surface area (Å²) < 4.78 is 29.0. The van der Waals surface area contributed by atoms with E-state index in [0.717, 1.165) is 39.3 Å². The standard InChI is InChI=1S/C17H25N3O4S/c1-13-10-19(11-14-6-9-24-12-14)7-8-20(13)17(21)15-2-4-16(5-3-15)18-25(22)23/h2-5,13-14,18H,6-12H2,1H3,(H,22,23)/p-1. The van der Waals surface area contributed by atoms with Crippen LogP contribution >= 0.6 is 0 Å². The maximum atomic E-state index is 12.7. The topological polar surface area (TPSA) is 84.9 Å². The first-order valence-electron chi connectivity index (χ1n) is 8.60. The monoisotopic (exact) mass is 366 g/mol. The van der Waals surface area contributed by atoms with Crippen molar-refractivity contribution in [2.45, 2.75) is 19.4 Å². The number of hydrogen-bond donors (Lipinski definition) is 1. The molecule has 7 nitrogen and oxygen atoms in total. The lowest BCUT2D eigenvalue weighted by molar-refractivity contribution is 0.0452. The third-order valence-electron chi connectivity index (χ3n) is 4.85. The number of nitrogens with zero attached hydrogens (tertiary/aromatic N) is 2. The number of carbonyl (C=O) groups is 1. The van der Waals surface area contributed by atoms with Crippen LogP contribution in [0.25, 0.3) is 0 Å². The van der Waals surface area contributed by atoms with Crippen molar-refractivity contribution in [1.29, 1.82) is 0 Å². The normalized spacial score (nSPS) is 25.8. The van der Waals surface area contributed by atoms with Gasteiger partial charge in [-0.2, -0.15) is 0 Å². The summed E-state index contributed by atoms with van der Waals surface area (Å²) in [5, 5.41) is 0. The van der Waals surface area contributed by atoms with Gasteiger partial charge in [-0.05, 0) is 43.5 Å². The zero-order valence-electron chi connectivity index (χ0n) is 14.3. The van der Waals surface area contributed by atoms with Crippen molar-refractivity contribution in [3.8, 4) is 0 Å². The van der Waals surface area contributed by atoms with Crippen LogP contribution in [-0.4, -0.2) is 69.9 Å². The second-order valence-corrected chi connectivity index (χ2v) is 7.42. The number of nitrogens with one attached hydrogen (secondary N) is 1. The molecule has 3 atom stereocenters. The molecule has 0 bridgehead atoms. The van der Waals surface area contributed by atoms with Crippen LogP contribution in [0.15, 0.2) is 24.3 Å². The molecule has 3 unspecified atom stereocenters. The Hall–Kier alpha value is -1.48. The molecule has 2 aliphatic heterocycles. The highest BCUT2D eigenvalue weighted by molar-refractivity contribution is 7.80. The van der Waals surface area contributed by atoms with Gasteiger partial charge < -0.3 is 18.9 Å². The maximum Gasteiger partial charge on any atom is 0.254 e. The summed E-state index contributed by atoms with van der Waals surface area (Å²) in [4.78, 5) is 17.1. The summed E-state index contributed by atoms with van der Waals surface area (Å²) >= 11 is -2.36. The van der Waals surface area contributed by atoms with Crippen molar-refractivity contribution in [1.82, 2.24) is 9.80 Å². The zero-order chi connectivity index (χ0) is 17.8. The molecule has 2 heterocycles. The number of benzene rings is 1. The van der Waals surface area contributed by atoms with E-state index in [1.54, 1.807) is 24.3 Å². The predicted octanol–water partition coefficient (Wildman–Crippen LogP) is 1.08. The van der Waals surface area contributed by atoms with Gasteiger partial charge in [-0.1, -0.05) is 0 Å². The first-order valence-corrected chi connectivity index (χ1v) is 9.67. The minimum Gasteiger partial charge on any atom is -0.755 e. The second kappa shape index (κ2) is 8.27. The van der Waals surface area contributed by atoms with Crippen LogP contribution in [0, 0.1) is 5.92 Å². The van der Waals surface area contributed by atoms with Crippen LogP contribution in [-0.2, 0) is 16.0 Å². The molecule has 0 aliphatic carbocycles. The predicted molar refractivity (Wildman–Crippen MR) is 94.8 cm³/mol. The van der Waals surface area contributed by atoms with Gasteiger partial charge in [0.25, 0.3) is 5.91 Å². The zero-order valence-corrected chi connectivity index (χ0v) is 15.2. The second-order valence-electron chi connectivity index (χ2n) is 6.75. The average Bonchev–Trinajstić information content (AvgIpc) is 3.07. The van der Waals surface area contributed by atoms with E-state index >= 15 is 0 Å². The Morgan fingerprint density at radius 2 is 2.12 bits per heavy atom. The number of ether oxygens (including phenoxy) is 1. The van der Waals surface area contributed by atoms with Crippen LogP contribution in [0.4, 0.5) is 5.69 Å². The molecule has 138 valence electrons. The quantitative estimate of drug-likeness (QED) is 0.788. The van der Waals surface area contributed by atoms with E-state index in [1.807, 2.05) is 4.90 Å². The first-order chi connectivity index (χ1) is 12.0. The Kier molecular flexibility index (Phi) is 6.06. The number of piperazine rings is 1. The van der Waals surface area contributed by atoms with Gasteiger partial charge in [-0.15, -0.1) is 0 Å². The van der Waals surface area contributed by atoms with E-state index in [4.69, 9.17) is 4.74 Å². The van der Waals surface area contributed by atoms with E-state index in [9.17, 15) is 13.6 Å². The van der Waals surface area contributed by atoms with Crippen molar-refractivity contribution < 1.29 is 18.3 Å². The minimum atomic E-state index is -2.36. The highest BCUT2D eigenvalue weighted by Gasteiger charge is 2.29. The molecule has 8 heteroatoms. The van der Waals surface area contributed by atoms with Crippen molar-refractivity contribution >= 4 is 22.9 Å². The van der Waals surface area contributed by atoms with Gasteiger partial charge in [0, 0.05) is 61.3 Å². The Labute approximate surface area is 150 Å². The molecule has 0 saturated carbocycles. The summed E-state index contributed by atoms with van der Waals surface area (Å²) in [6, 6.07) is 6.67. The number of hydrogen-bond acceptors (Lipinski definition) is 5. The summed E-state index contributed by atoms with van der Waals surface area (Å²) in [5.41, 5.74) is 1.02. The summed E-state index contributed by atoms with van der Waals surface area (Å²) in [6.07, 6.45) is 1.13. The van der Waals surface area contributed by atoms with Gasteiger partial charge in [0.15, 0.2) is 0 Å². The smallest absolute Gasteiger partial charge is 0.254 e. The van der Waals surface area contributed by atoms with Crippen LogP contribution in [0.1, 0.15) is 23.7 Å². The number of rotatable bonds is 5. The fraction of sp³-hybridized carbons (Fsp3) is 0.588. The van der Waals surface area contributed by atoms with Gasteiger partial charge >= 0.3 is 0 Å². The minimum absolute atomic E-state index is 0.00820.